The number of carbonyl (C=O) groups excluding carboxylic acids is 3. The van der Waals surface area contributed by atoms with Gasteiger partial charge in [-0.25, -0.2) is 0 Å². The summed E-state index contributed by atoms with van der Waals surface area (Å²) in [5.74, 6) is -1.36. The molecule has 0 amide bonds. The van der Waals surface area contributed by atoms with E-state index in [1.165, 1.54) is 7.11 Å². The highest BCUT2D eigenvalue weighted by Gasteiger charge is 2.28. The van der Waals surface area contributed by atoms with Gasteiger partial charge in [0.15, 0.2) is 10.2 Å². The quantitative estimate of drug-likeness (QED) is 0.624. The summed E-state index contributed by atoms with van der Waals surface area (Å²) < 4.78 is 3.28. The van der Waals surface area contributed by atoms with Gasteiger partial charge in [-0.1, -0.05) is 23.5 Å². The fraction of sp³-hybridized carbons (Fsp3) is 0.733. The van der Waals surface area contributed by atoms with Crippen molar-refractivity contribution in [2.45, 2.75) is 62.9 Å². The maximum atomic E-state index is 11.9. The molecule has 0 radical (unpaired) electrons. The molecule has 6 nitrogen and oxygen atoms in total. The zero-order valence-electron chi connectivity index (χ0n) is 14.1. The van der Waals surface area contributed by atoms with Crippen LogP contribution in [0.3, 0.4) is 0 Å². The van der Waals surface area contributed by atoms with Gasteiger partial charge in [0.25, 0.3) is 0 Å². The van der Waals surface area contributed by atoms with Gasteiger partial charge in [0.05, 0.1) is 20.0 Å². The maximum Gasteiger partial charge on any atom is 0.306 e. The number of hydrogen-bond acceptors (Lipinski definition) is 7. The number of ether oxygens (including phenoxy) is 1. The third kappa shape index (κ3) is 11.2. The van der Waals surface area contributed by atoms with Gasteiger partial charge in [-0.05, 0) is 27.7 Å². The Morgan fingerprint density at radius 3 is 1.61 bits per heavy atom. The predicted molar refractivity (Wildman–Crippen MR) is 91.5 cm³/mol. The summed E-state index contributed by atoms with van der Waals surface area (Å²) in [7, 11) is 1.29. The minimum Gasteiger partial charge on any atom is -0.481 e. The van der Waals surface area contributed by atoms with E-state index >= 15 is 0 Å². The third-order valence-electron chi connectivity index (χ3n) is 2.69. The monoisotopic (exact) mass is 364 g/mol. The lowest BCUT2D eigenvalue weighted by atomic mass is 10.1. The summed E-state index contributed by atoms with van der Waals surface area (Å²) in [4.78, 5) is 45.8. The van der Waals surface area contributed by atoms with Gasteiger partial charge < -0.3 is 9.84 Å². The molecule has 1 N–H and O–H groups in total. The summed E-state index contributed by atoms with van der Waals surface area (Å²) >= 11 is 1.97. The van der Waals surface area contributed by atoms with E-state index in [4.69, 9.17) is 5.11 Å². The maximum absolute atomic E-state index is 11.9. The van der Waals surface area contributed by atoms with Gasteiger partial charge in [-0.15, -0.1) is 0 Å². The van der Waals surface area contributed by atoms with E-state index in [2.05, 4.69) is 4.74 Å². The molecule has 132 valence electrons. The number of thioether (sulfide) groups is 2. The Hall–Kier alpha value is -1.02. The Morgan fingerprint density at radius 1 is 0.870 bits per heavy atom. The molecule has 0 aliphatic rings. The molecule has 0 unspecified atom stereocenters. The van der Waals surface area contributed by atoms with E-state index in [0.717, 1.165) is 23.5 Å². The van der Waals surface area contributed by atoms with Crippen LogP contribution < -0.4 is 0 Å². The number of esters is 1. The highest BCUT2D eigenvalue weighted by molar-refractivity contribution is 8.15. The van der Waals surface area contributed by atoms with Crippen molar-refractivity contribution in [1.82, 2.24) is 0 Å². The van der Waals surface area contributed by atoms with E-state index in [9.17, 15) is 19.2 Å². The summed E-state index contributed by atoms with van der Waals surface area (Å²) in [5, 5.41) is 8.39. The van der Waals surface area contributed by atoms with Crippen molar-refractivity contribution >= 4 is 45.7 Å². The molecule has 0 saturated heterocycles. The van der Waals surface area contributed by atoms with Crippen LogP contribution in [0.2, 0.25) is 0 Å². The average Bonchev–Trinajstić information content (AvgIpc) is 2.32. The van der Waals surface area contributed by atoms with Crippen LogP contribution in [-0.4, -0.2) is 43.9 Å². The van der Waals surface area contributed by atoms with E-state index in [1.54, 1.807) is 27.7 Å². The number of aliphatic carboxylic acids is 1. The number of methoxy groups -OCH3 is 1. The molecule has 0 saturated carbocycles. The molecule has 0 aliphatic heterocycles. The highest BCUT2D eigenvalue weighted by Crippen LogP contribution is 2.33. The molecule has 0 heterocycles. The van der Waals surface area contributed by atoms with Crippen molar-refractivity contribution in [3.63, 3.8) is 0 Å². The lowest BCUT2D eigenvalue weighted by Crippen LogP contribution is -2.24. The van der Waals surface area contributed by atoms with Crippen LogP contribution in [-0.2, 0) is 23.9 Å². The third-order valence-corrected chi connectivity index (χ3v) is 4.95. The van der Waals surface area contributed by atoms with Crippen molar-refractivity contribution in [1.29, 1.82) is 0 Å². The van der Waals surface area contributed by atoms with Crippen molar-refractivity contribution < 1.29 is 29.0 Å². The van der Waals surface area contributed by atoms with Crippen molar-refractivity contribution in [2.75, 3.05) is 7.11 Å². The zero-order valence-corrected chi connectivity index (χ0v) is 15.8. The lowest BCUT2D eigenvalue weighted by Gasteiger charge is -2.22. The Labute approximate surface area is 145 Å². The summed E-state index contributed by atoms with van der Waals surface area (Å²) in [6.45, 7) is 6.89. The molecule has 23 heavy (non-hydrogen) atoms. The Kier molecular flexibility index (Phi) is 8.90. The standard InChI is InChI=1S/C15H24O6S2/c1-14(2,8-10(16)17)22-12(19)6-7-13(20)23-15(3,4)9-11(18)21-5/h6-9H2,1-5H3,(H,16,17). The fourth-order valence-corrected chi connectivity index (χ4v) is 3.81. The molecule has 0 fully saturated rings. The number of carboxylic acids is 1. The van der Waals surface area contributed by atoms with Crippen LogP contribution in [0, 0.1) is 0 Å². The van der Waals surface area contributed by atoms with Gasteiger partial charge in [-0.3, -0.25) is 19.2 Å². The number of rotatable bonds is 9. The first-order valence-corrected chi connectivity index (χ1v) is 8.72. The molecule has 8 heteroatoms. The average molecular weight is 364 g/mol. The SMILES string of the molecule is COC(=O)CC(C)(C)SC(=O)CCC(=O)SC(C)(C)CC(=O)O. The van der Waals surface area contributed by atoms with Crippen LogP contribution in [0.1, 0.15) is 53.4 Å². The van der Waals surface area contributed by atoms with Crippen LogP contribution in [0.25, 0.3) is 0 Å². The summed E-state index contributed by atoms with van der Waals surface area (Å²) in [6.07, 6.45) is 0.0879. The second-order valence-electron chi connectivity index (χ2n) is 6.29. The second-order valence-corrected chi connectivity index (χ2v) is 9.82. The molecule has 0 aromatic rings. The molecule has 0 aliphatic carbocycles. The first kappa shape index (κ1) is 22.0. The van der Waals surface area contributed by atoms with E-state index in [0.29, 0.717) is 0 Å². The zero-order chi connectivity index (χ0) is 18.3. The lowest BCUT2D eigenvalue weighted by molar-refractivity contribution is -0.141. The van der Waals surface area contributed by atoms with Gasteiger partial charge in [0, 0.05) is 22.3 Å². The van der Waals surface area contributed by atoms with Gasteiger partial charge in [0.2, 0.25) is 0 Å². The first-order valence-electron chi connectivity index (χ1n) is 7.09. The topological polar surface area (TPSA) is 97.7 Å². The van der Waals surface area contributed by atoms with E-state index in [1.807, 2.05) is 0 Å². The van der Waals surface area contributed by atoms with E-state index < -0.39 is 21.4 Å². The molecule has 0 spiro atoms. The molecular formula is C15H24O6S2. The van der Waals surface area contributed by atoms with Gasteiger partial charge in [-0.2, -0.15) is 0 Å². The van der Waals surface area contributed by atoms with Crippen LogP contribution in [0.4, 0.5) is 0 Å². The van der Waals surface area contributed by atoms with Crippen LogP contribution >= 0.6 is 23.5 Å². The van der Waals surface area contributed by atoms with Crippen LogP contribution in [0.5, 0.6) is 0 Å². The number of carbonyl (C=O) groups is 4. The predicted octanol–water partition coefficient (Wildman–Crippen LogP) is 2.88. The van der Waals surface area contributed by atoms with Gasteiger partial charge in [0.1, 0.15) is 0 Å². The van der Waals surface area contributed by atoms with Crippen LogP contribution in [0.15, 0.2) is 0 Å². The Balaban J connectivity index is 4.30. The highest BCUT2D eigenvalue weighted by atomic mass is 32.2. The summed E-state index contributed by atoms with van der Waals surface area (Å²) in [6, 6.07) is 0. The number of hydrogen-bond donors (Lipinski definition) is 1. The first-order chi connectivity index (χ1) is 10.4. The van der Waals surface area contributed by atoms with Gasteiger partial charge >= 0.3 is 11.9 Å². The Bertz CT molecular complexity index is 471. The van der Waals surface area contributed by atoms with Crippen molar-refractivity contribution in [2.24, 2.45) is 0 Å². The minimum absolute atomic E-state index is 0.0495. The molecule has 0 atom stereocenters. The van der Waals surface area contributed by atoms with E-state index in [-0.39, 0.29) is 35.9 Å². The molecule has 0 aromatic heterocycles. The minimum atomic E-state index is -0.966. The number of carboxylic acid groups (broad SMARTS) is 1. The molecule has 0 aromatic carbocycles. The summed E-state index contributed by atoms with van der Waals surface area (Å²) in [5.41, 5.74) is 0. The molecular weight excluding hydrogens is 340 g/mol. The van der Waals surface area contributed by atoms with Crippen molar-refractivity contribution in [3.05, 3.63) is 0 Å². The largest absolute Gasteiger partial charge is 0.481 e. The molecule has 0 bridgehead atoms. The normalized spacial score (nSPS) is 11.9. The Morgan fingerprint density at radius 2 is 1.26 bits per heavy atom. The smallest absolute Gasteiger partial charge is 0.306 e. The molecule has 0 rings (SSSR count). The fourth-order valence-electron chi connectivity index (χ4n) is 1.78. The second kappa shape index (κ2) is 9.32. The van der Waals surface area contributed by atoms with Crippen molar-refractivity contribution in [3.8, 4) is 0 Å².